The van der Waals surface area contributed by atoms with E-state index in [9.17, 15) is 9.59 Å². The van der Waals surface area contributed by atoms with Crippen molar-refractivity contribution in [3.05, 3.63) is 54.1 Å². The van der Waals surface area contributed by atoms with Gasteiger partial charge in [0.2, 0.25) is 0 Å². The Bertz CT molecular complexity index is 1300. The van der Waals surface area contributed by atoms with Crippen LogP contribution in [0, 0.1) is 0 Å². The van der Waals surface area contributed by atoms with Crippen molar-refractivity contribution in [3.8, 4) is 5.75 Å². The van der Waals surface area contributed by atoms with Gasteiger partial charge in [0.05, 0.1) is 22.1 Å². The summed E-state index contributed by atoms with van der Waals surface area (Å²) >= 11 is 0. The first-order chi connectivity index (χ1) is 14.4. The minimum atomic E-state index is -0.386. The molecule has 0 saturated carbocycles. The largest absolute Gasteiger partial charge is 0.426 e. The summed E-state index contributed by atoms with van der Waals surface area (Å²) in [7, 11) is 3.66. The minimum Gasteiger partial charge on any atom is -0.426 e. The molecule has 0 N–H and O–H groups in total. The molecule has 7 nitrogen and oxygen atoms in total. The summed E-state index contributed by atoms with van der Waals surface area (Å²) in [6.07, 6.45) is 0. The van der Waals surface area contributed by atoms with Gasteiger partial charge in [0, 0.05) is 38.3 Å². The number of fused-ring (bicyclic) bond motifs is 4. The van der Waals surface area contributed by atoms with E-state index in [1.807, 2.05) is 57.4 Å². The van der Waals surface area contributed by atoms with E-state index in [1.165, 1.54) is 6.92 Å². The van der Waals surface area contributed by atoms with Crippen molar-refractivity contribution in [1.29, 1.82) is 0 Å². The normalized spacial score (nSPS) is 11.4. The molecule has 1 amide bonds. The van der Waals surface area contributed by atoms with Gasteiger partial charge in [0.25, 0.3) is 5.91 Å². The number of ether oxygens (including phenoxy) is 1. The summed E-state index contributed by atoms with van der Waals surface area (Å²) in [5, 5.41) is 4.97. The van der Waals surface area contributed by atoms with Crippen molar-refractivity contribution in [2.75, 3.05) is 20.6 Å². The molecule has 0 aliphatic carbocycles. The van der Waals surface area contributed by atoms with Gasteiger partial charge in [-0.15, -0.1) is 0 Å². The van der Waals surface area contributed by atoms with Crippen LogP contribution >= 0.6 is 0 Å². The van der Waals surface area contributed by atoms with Crippen molar-refractivity contribution in [2.24, 2.45) is 0 Å². The summed E-state index contributed by atoms with van der Waals surface area (Å²) in [6, 6.07) is 14.6. The van der Waals surface area contributed by atoms with E-state index in [-0.39, 0.29) is 11.9 Å². The average molecular weight is 402 g/mol. The molecule has 7 heteroatoms. The Hall–Kier alpha value is -3.58. The third-order valence-electron chi connectivity index (χ3n) is 4.95. The molecule has 0 aliphatic heterocycles. The van der Waals surface area contributed by atoms with Crippen LogP contribution in [0.4, 0.5) is 0 Å². The van der Waals surface area contributed by atoms with Crippen LogP contribution in [0.15, 0.2) is 48.5 Å². The molecule has 0 spiro atoms. The maximum absolute atomic E-state index is 13.2. The van der Waals surface area contributed by atoms with Gasteiger partial charge in [0.1, 0.15) is 11.3 Å². The number of rotatable bonds is 4. The van der Waals surface area contributed by atoms with E-state index in [4.69, 9.17) is 14.7 Å². The fourth-order valence-electron chi connectivity index (χ4n) is 3.65. The molecule has 152 valence electrons. The summed E-state index contributed by atoms with van der Waals surface area (Å²) in [5.74, 6) is -0.0519. The number of nitrogens with zero attached hydrogens (tertiary/aromatic N) is 4. The highest BCUT2D eigenvalue weighted by Gasteiger charge is 2.20. The third kappa shape index (κ3) is 3.33. The predicted molar refractivity (Wildman–Crippen MR) is 116 cm³/mol. The molecule has 3 aromatic carbocycles. The highest BCUT2D eigenvalue weighted by molar-refractivity contribution is 6.11. The smallest absolute Gasteiger partial charge is 0.308 e. The highest BCUT2D eigenvalue weighted by atomic mass is 16.5. The van der Waals surface area contributed by atoms with Crippen LogP contribution in [0.5, 0.6) is 5.75 Å². The topological polar surface area (TPSA) is 75.6 Å². The number of hydrazine groups is 1. The lowest BCUT2D eigenvalue weighted by Crippen LogP contribution is -2.41. The van der Waals surface area contributed by atoms with E-state index in [2.05, 4.69) is 0 Å². The van der Waals surface area contributed by atoms with Gasteiger partial charge in [0.15, 0.2) is 0 Å². The average Bonchev–Trinajstić information content (AvgIpc) is 2.71. The first-order valence-corrected chi connectivity index (χ1v) is 9.70. The Morgan fingerprint density at radius 3 is 2.33 bits per heavy atom. The molecule has 1 aromatic heterocycles. The maximum Gasteiger partial charge on any atom is 0.308 e. The van der Waals surface area contributed by atoms with E-state index >= 15 is 0 Å². The van der Waals surface area contributed by atoms with Crippen molar-refractivity contribution >= 4 is 44.7 Å². The Morgan fingerprint density at radius 2 is 1.63 bits per heavy atom. The second kappa shape index (κ2) is 7.68. The van der Waals surface area contributed by atoms with Gasteiger partial charge in [-0.25, -0.2) is 15.0 Å². The molecule has 4 rings (SSSR count). The Balaban J connectivity index is 1.99. The number of para-hydroxylation sites is 1. The van der Waals surface area contributed by atoms with Gasteiger partial charge >= 0.3 is 5.97 Å². The van der Waals surface area contributed by atoms with E-state index < -0.39 is 0 Å². The number of esters is 1. The van der Waals surface area contributed by atoms with E-state index in [0.717, 1.165) is 10.8 Å². The quantitative estimate of drug-likeness (QED) is 0.170. The predicted octanol–water partition coefficient (Wildman–Crippen LogP) is 3.80. The summed E-state index contributed by atoms with van der Waals surface area (Å²) in [6.45, 7) is 3.83. The van der Waals surface area contributed by atoms with Crippen molar-refractivity contribution in [3.63, 3.8) is 0 Å². The monoisotopic (exact) mass is 402 g/mol. The number of hydrogen-bond acceptors (Lipinski definition) is 6. The van der Waals surface area contributed by atoms with Gasteiger partial charge in [-0.05, 0) is 37.3 Å². The Labute approximate surface area is 173 Å². The van der Waals surface area contributed by atoms with Crippen molar-refractivity contribution < 1.29 is 14.3 Å². The first-order valence-electron chi connectivity index (χ1n) is 9.70. The lowest BCUT2D eigenvalue weighted by atomic mass is 10.1. The fraction of sp³-hybridized carbons (Fsp3) is 0.217. The van der Waals surface area contributed by atoms with Gasteiger partial charge in [-0.1, -0.05) is 18.2 Å². The second-order valence-electron chi connectivity index (χ2n) is 7.14. The Morgan fingerprint density at radius 1 is 0.900 bits per heavy atom. The van der Waals surface area contributed by atoms with Gasteiger partial charge in [-0.3, -0.25) is 14.6 Å². The molecule has 0 radical (unpaired) electrons. The molecule has 0 bridgehead atoms. The zero-order chi connectivity index (χ0) is 21.4. The number of carbonyl (C=O) groups excluding carboxylic acids is 2. The van der Waals surface area contributed by atoms with E-state index in [0.29, 0.717) is 39.9 Å². The Kier molecular flexibility index (Phi) is 5.05. The lowest BCUT2D eigenvalue weighted by Gasteiger charge is -2.27. The summed E-state index contributed by atoms with van der Waals surface area (Å²) in [5.41, 5.74) is 3.05. The standard InChI is InChI=1S/C23H22N4O3/c1-5-27(26(3)4)23(29)17-9-6-10-18-22(17)25-21-16-8-7-11-20(30-14(2)28)15(16)12-13-19(21)24-18/h6-13H,5H2,1-4H3. The number of carbonyl (C=O) groups is 2. The number of amides is 1. The number of aromatic nitrogens is 2. The molecule has 0 unspecified atom stereocenters. The highest BCUT2D eigenvalue weighted by Crippen LogP contribution is 2.32. The van der Waals surface area contributed by atoms with Crippen LogP contribution in [0.25, 0.3) is 32.8 Å². The van der Waals surface area contributed by atoms with E-state index in [1.54, 1.807) is 22.2 Å². The molecular weight excluding hydrogens is 380 g/mol. The van der Waals surface area contributed by atoms with Crippen molar-refractivity contribution in [2.45, 2.75) is 13.8 Å². The maximum atomic E-state index is 13.2. The second-order valence-corrected chi connectivity index (χ2v) is 7.14. The molecule has 4 aromatic rings. The first kappa shape index (κ1) is 19.7. The number of benzene rings is 3. The lowest BCUT2D eigenvalue weighted by molar-refractivity contribution is -0.131. The minimum absolute atomic E-state index is 0.136. The SMILES string of the molecule is CCN(C(=O)c1cccc2nc3ccc4c(OC(C)=O)cccc4c3nc12)N(C)C. The molecule has 0 saturated heterocycles. The van der Waals surface area contributed by atoms with Crippen LogP contribution in [0.1, 0.15) is 24.2 Å². The van der Waals surface area contributed by atoms with Crippen LogP contribution in [-0.4, -0.2) is 52.5 Å². The number of hydrogen-bond donors (Lipinski definition) is 0. The zero-order valence-electron chi connectivity index (χ0n) is 17.3. The van der Waals surface area contributed by atoms with Gasteiger partial charge in [-0.2, -0.15) is 0 Å². The van der Waals surface area contributed by atoms with Crippen LogP contribution < -0.4 is 4.74 Å². The molecule has 0 atom stereocenters. The summed E-state index contributed by atoms with van der Waals surface area (Å²) in [4.78, 5) is 34.2. The zero-order valence-corrected chi connectivity index (χ0v) is 17.3. The molecule has 30 heavy (non-hydrogen) atoms. The molecule has 0 fully saturated rings. The summed E-state index contributed by atoms with van der Waals surface area (Å²) < 4.78 is 5.34. The van der Waals surface area contributed by atoms with Crippen LogP contribution in [0.2, 0.25) is 0 Å². The van der Waals surface area contributed by atoms with Crippen LogP contribution in [-0.2, 0) is 4.79 Å². The fourth-order valence-corrected chi connectivity index (χ4v) is 3.65. The molecular formula is C23H22N4O3. The van der Waals surface area contributed by atoms with Gasteiger partial charge < -0.3 is 4.74 Å². The third-order valence-corrected chi connectivity index (χ3v) is 4.95. The molecule has 1 heterocycles. The van der Waals surface area contributed by atoms with Crippen molar-refractivity contribution in [1.82, 2.24) is 20.0 Å². The van der Waals surface area contributed by atoms with Crippen LogP contribution in [0.3, 0.4) is 0 Å². The molecule has 0 aliphatic rings.